The zero-order chi connectivity index (χ0) is 23.6. The Bertz CT molecular complexity index is 716. The molecule has 7 atom stereocenters. The Morgan fingerprint density at radius 1 is 0.939 bits per heavy atom. The normalized spacial score (nSPS) is 38.9. The Kier molecular flexibility index (Phi) is 8.20. The molecule has 0 bridgehead atoms. The van der Waals surface area contributed by atoms with Crippen LogP contribution < -0.4 is 0 Å². The molecule has 0 aromatic heterocycles. The smallest absolute Gasteiger partial charge is 0.0671 e. The fourth-order valence-electron chi connectivity index (χ4n) is 8.89. The minimum absolute atomic E-state index is 0.247. The van der Waals surface area contributed by atoms with Crippen LogP contribution in [-0.4, -0.2) is 12.7 Å². The van der Waals surface area contributed by atoms with Gasteiger partial charge < -0.3 is 4.74 Å². The van der Waals surface area contributed by atoms with E-state index in [1.165, 1.54) is 83.5 Å². The van der Waals surface area contributed by atoms with E-state index in [2.05, 4.69) is 53.7 Å². The molecule has 4 aliphatic carbocycles. The molecule has 1 heteroatoms. The summed E-state index contributed by atoms with van der Waals surface area (Å²) in [6, 6.07) is 0. The van der Waals surface area contributed by atoms with Crippen LogP contribution in [0.3, 0.4) is 0 Å². The van der Waals surface area contributed by atoms with Crippen molar-refractivity contribution in [3.63, 3.8) is 0 Å². The Labute approximate surface area is 206 Å². The summed E-state index contributed by atoms with van der Waals surface area (Å²) >= 11 is 0. The van der Waals surface area contributed by atoms with E-state index in [4.69, 9.17) is 4.74 Å². The number of hydrogen-bond donors (Lipinski definition) is 0. The first-order valence-corrected chi connectivity index (χ1v) is 14.8. The lowest BCUT2D eigenvalue weighted by atomic mass is 9.49. The lowest BCUT2D eigenvalue weighted by molar-refractivity contribution is -0.0700. The lowest BCUT2D eigenvalue weighted by Crippen LogP contribution is -2.51. The number of hydrogen-bond acceptors (Lipinski definition) is 1. The van der Waals surface area contributed by atoms with E-state index in [0.717, 1.165) is 36.2 Å². The van der Waals surface area contributed by atoms with Gasteiger partial charge in [-0.25, -0.2) is 0 Å². The molecule has 0 heterocycles. The largest absolute Gasteiger partial charge is 0.377 e. The third-order valence-corrected chi connectivity index (χ3v) is 10.9. The average Bonchev–Trinajstić information content (AvgIpc) is 3.14. The Hall–Kier alpha value is -0.560. The fraction of sp³-hybridized carbons (Fsp3) is 0.875. The van der Waals surface area contributed by atoms with Gasteiger partial charge in [0.15, 0.2) is 0 Å². The zero-order valence-corrected chi connectivity index (χ0v) is 22.9. The van der Waals surface area contributed by atoms with E-state index in [-0.39, 0.29) is 5.41 Å². The highest BCUT2D eigenvalue weighted by Crippen LogP contribution is 2.66. The minimum atomic E-state index is 0.247. The standard InChI is InChI=1S/C32H54O/c1-7-8-9-22-33-30-15-11-14-25-16-17-26-28-19-18-27(24(4)13-10-12-23(2)3)31(28,5)21-20-29(26)32(25,30)6/h16-17,23-24,27-30H,7-15,18-22H2,1-6H3/t24-,27-,28+,29+,30+,31-,32+/m1/s1. The second kappa shape index (κ2) is 10.6. The maximum Gasteiger partial charge on any atom is 0.0671 e. The van der Waals surface area contributed by atoms with Crippen molar-refractivity contribution < 1.29 is 4.74 Å². The topological polar surface area (TPSA) is 9.23 Å². The third kappa shape index (κ3) is 4.79. The molecule has 4 rings (SSSR count). The van der Waals surface area contributed by atoms with Gasteiger partial charge in [-0.1, -0.05) is 96.9 Å². The van der Waals surface area contributed by atoms with Gasteiger partial charge in [0.1, 0.15) is 0 Å². The van der Waals surface area contributed by atoms with E-state index >= 15 is 0 Å². The van der Waals surface area contributed by atoms with Crippen LogP contribution >= 0.6 is 0 Å². The van der Waals surface area contributed by atoms with E-state index in [0.29, 0.717) is 11.5 Å². The molecule has 0 unspecified atom stereocenters. The van der Waals surface area contributed by atoms with Crippen LogP contribution in [-0.2, 0) is 4.74 Å². The number of allylic oxidation sites excluding steroid dienone is 3. The second-order valence-corrected chi connectivity index (χ2v) is 13.2. The molecule has 33 heavy (non-hydrogen) atoms. The quantitative estimate of drug-likeness (QED) is 0.299. The molecule has 1 nitrogen and oxygen atoms in total. The van der Waals surface area contributed by atoms with Crippen LogP contribution in [0.5, 0.6) is 0 Å². The summed E-state index contributed by atoms with van der Waals surface area (Å²) in [5, 5.41) is 0. The van der Waals surface area contributed by atoms with Crippen LogP contribution in [0.15, 0.2) is 23.3 Å². The fourth-order valence-corrected chi connectivity index (χ4v) is 8.89. The first-order chi connectivity index (χ1) is 15.8. The van der Waals surface area contributed by atoms with Gasteiger partial charge in [-0.3, -0.25) is 0 Å². The highest BCUT2D eigenvalue weighted by Gasteiger charge is 2.58. The molecule has 188 valence electrons. The molecular formula is C32H54O. The maximum absolute atomic E-state index is 6.70. The summed E-state index contributed by atoms with van der Waals surface area (Å²) in [5.41, 5.74) is 4.31. The molecule has 0 aromatic rings. The molecular weight excluding hydrogens is 400 g/mol. The molecule has 0 spiro atoms. The summed E-state index contributed by atoms with van der Waals surface area (Å²) in [6.07, 6.45) is 23.3. The zero-order valence-electron chi connectivity index (χ0n) is 22.9. The third-order valence-electron chi connectivity index (χ3n) is 10.9. The molecule has 0 N–H and O–H groups in total. The maximum atomic E-state index is 6.70. The first-order valence-electron chi connectivity index (χ1n) is 14.8. The summed E-state index contributed by atoms with van der Waals surface area (Å²) in [6.45, 7) is 15.9. The number of ether oxygens (including phenoxy) is 1. The Balaban J connectivity index is 1.50. The van der Waals surface area contributed by atoms with Crippen molar-refractivity contribution in [3.05, 3.63) is 23.3 Å². The molecule has 0 aromatic carbocycles. The van der Waals surface area contributed by atoms with Gasteiger partial charge in [-0.2, -0.15) is 0 Å². The van der Waals surface area contributed by atoms with Crippen molar-refractivity contribution in [2.45, 2.75) is 131 Å². The van der Waals surface area contributed by atoms with Crippen molar-refractivity contribution in [2.24, 2.45) is 40.4 Å². The van der Waals surface area contributed by atoms with E-state index < -0.39 is 0 Å². The summed E-state index contributed by atoms with van der Waals surface area (Å²) in [5.74, 6) is 4.18. The monoisotopic (exact) mass is 454 g/mol. The van der Waals surface area contributed by atoms with Gasteiger partial charge in [0.25, 0.3) is 0 Å². The van der Waals surface area contributed by atoms with Gasteiger partial charge in [-0.15, -0.1) is 0 Å². The highest BCUT2D eigenvalue weighted by atomic mass is 16.5. The van der Waals surface area contributed by atoms with Crippen LogP contribution in [0.2, 0.25) is 0 Å². The van der Waals surface area contributed by atoms with E-state index in [9.17, 15) is 0 Å². The molecule has 3 fully saturated rings. The SMILES string of the molecule is CCCCCO[C@H]1CCCC2=CC=C3[C@@H]4CC[C@H]([C@H](C)CCCC(C)C)[C@@]4(C)CC[C@@H]3[C@]21C. The number of unbranched alkanes of at least 4 members (excludes halogenated alkanes) is 2. The van der Waals surface area contributed by atoms with E-state index in [1.54, 1.807) is 5.57 Å². The summed E-state index contributed by atoms with van der Waals surface area (Å²) in [4.78, 5) is 0. The van der Waals surface area contributed by atoms with Crippen molar-refractivity contribution in [1.29, 1.82) is 0 Å². The first kappa shape index (κ1) is 25.5. The van der Waals surface area contributed by atoms with Crippen LogP contribution in [0.1, 0.15) is 125 Å². The van der Waals surface area contributed by atoms with Crippen LogP contribution in [0.4, 0.5) is 0 Å². The van der Waals surface area contributed by atoms with Crippen molar-refractivity contribution >= 4 is 0 Å². The van der Waals surface area contributed by atoms with E-state index in [1.807, 2.05) is 5.57 Å². The Morgan fingerprint density at radius 2 is 1.76 bits per heavy atom. The molecule has 0 saturated heterocycles. The molecule has 4 aliphatic rings. The lowest BCUT2D eigenvalue weighted by Gasteiger charge is -2.57. The van der Waals surface area contributed by atoms with Crippen LogP contribution in [0, 0.1) is 40.4 Å². The molecule has 0 radical (unpaired) electrons. The van der Waals surface area contributed by atoms with Gasteiger partial charge in [-0.05, 0) is 86.4 Å². The van der Waals surface area contributed by atoms with Gasteiger partial charge >= 0.3 is 0 Å². The van der Waals surface area contributed by atoms with Gasteiger partial charge in [0, 0.05) is 12.0 Å². The minimum Gasteiger partial charge on any atom is -0.377 e. The molecule has 0 aliphatic heterocycles. The van der Waals surface area contributed by atoms with Crippen LogP contribution in [0.25, 0.3) is 0 Å². The Morgan fingerprint density at radius 3 is 2.52 bits per heavy atom. The highest BCUT2D eigenvalue weighted by molar-refractivity contribution is 5.39. The summed E-state index contributed by atoms with van der Waals surface area (Å²) < 4.78 is 6.70. The molecule has 3 saturated carbocycles. The van der Waals surface area contributed by atoms with Crippen molar-refractivity contribution in [2.75, 3.05) is 6.61 Å². The predicted octanol–water partition coefficient (Wildman–Crippen LogP) is 9.52. The second-order valence-electron chi connectivity index (χ2n) is 13.2. The summed E-state index contributed by atoms with van der Waals surface area (Å²) in [7, 11) is 0. The van der Waals surface area contributed by atoms with Gasteiger partial charge in [0.2, 0.25) is 0 Å². The van der Waals surface area contributed by atoms with Crippen molar-refractivity contribution in [3.8, 4) is 0 Å². The predicted molar refractivity (Wildman–Crippen MR) is 142 cm³/mol. The number of fused-ring (bicyclic) bond motifs is 5. The number of rotatable bonds is 10. The van der Waals surface area contributed by atoms with Gasteiger partial charge in [0.05, 0.1) is 6.10 Å². The average molecular weight is 455 g/mol. The van der Waals surface area contributed by atoms with Crippen molar-refractivity contribution in [1.82, 2.24) is 0 Å². The molecule has 0 amide bonds.